The summed E-state index contributed by atoms with van der Waals surface area (Å²) in [6.07, 6.45) is 1.77. The van der Waals surface area contributed by atoms with E-state index in [0.29, 0.717) is 28.5 Å². The summed E-state index contributed by atoms with van der Waals surface area (Å²) in [6.45, 7) is 2.46. The SMILES string of the molecule is COC(=O)c1cc(N)cc(Cl)c1NCc1cnn(C)c1C. The molecule has 0 aliphatic carbocycles. The smallest absolute Gasteiger partial charge is 0.340 e. The number of carbonyl (C=O) groups is 1. The van der Waals surface area contributed by atoms with Crippen LogP contribution in [0, 0.1) is 6.92 Å². The first kappa shape index (κ1) is 15.2. The van der Waals surface area contributed by atoms with Gasteiger partial charge in [-0.1, -0.05) is 11.6 Å². The molecule has 2 aromatic rings. The molecule has 21 heavy (non-hydrogen) atoms. The van der Waals surface area contributed by atoms with E-state index in [2.05, 4.69) is 10.4 Å². The van der Waals surface area contributed by atoms with Crippen molar-refractivity contribution in [2.75, 3.05) is 18.2 Å². The van der Waals surface area contributed by atoms with Crippen LogP contribution in [-0.2, 0) is 18.3 Å². The van der Waals surface area contributed by atoms with Crippen LogP contribution in [-0.4, -0.2) is 22.9 Å². The van der Waals surface area contributed by atoms with Crippen LogP contribution in [0.3, 0.4) is 0 Å². The van der Waals surface area contributed by atoms with Gasteiger partial charge in [0.15, 0.2) is 0 Å². The average molecular weight is 309 g/mol. The molecule has 0 aliphatic rings. The molecule has 1 aromatic heterocycles. The fourth-order valence-electron chi connectivity index (χ4n) is 1.98. The molecule has 3 N–H and O–H groups in total. The van der Waals surface area contributed by atoms with Crippen LogP contribution >= 0.6 is 11.6 Å². The molecular formula is C14H17ClN4O2. The molecule has 1 aromatic carbocycles. The Kier molecular flexibility index (Phi) is 4.37. The van der Waals surface area contributed by atoms with Gasteiger partial charge in [-0.2, -0.15) is 5.10 Å². The van der Waals surface area contributed by atoms with Crippen molar-refractivity contribution in [1.82, 2.24) is 9.78 Å². The van der Waals surface area contributed by atoms with Crippen molar-refractivity contribution in [1.29, 1.82) is 0 Å². The topological polar surface area (TPSA) is 82.2 Å². The Hall–Kier alpha value is -2.21. The Morgan fingerprint density at radius 3 is 2.81 bits per heavy atom. The highest BCUT2D eigenvalue weighted by Crippen LogP contribution is 2.30. The van der Waals surface area contributed by atoms with Gasteiger partial charge in [0.1, 0.15) is 0 Å². The maximum atomic E-state index is 11.8. The Morgan fingerprint density at radius 2 is 2.24 bits per heavy atom. The number of methoxy groups -OCH3 is 1. The zero-order valence-corrected chi connectivity index (χ0v) is 12.9. The van der Waals surface area contributed by atoms with Crippen LogP contribution in [0.25, 0.3) is 0 Å². The summed E-state index contributed by atoms with van der Waals surface area (Å²) in [5.74, 6) is -0.491. The van der Waals surface area contributed by atoms with Gasteiger partial charge < -0.3 is 15.8 Å². The monoisotopic (exact) mass is 308 g/mol. The van der Waals surface area contributed by atoms with E-state index < -0.39 is 5.97 Å². The zero-order valence-electron chi connectivity index (χ0n) is 12.1. The standard InChI is InChI=1S/C14H17ClN4O2/c1-8-9(7-18-19(8)2)6-17-13-11(14(20)21-3)4-10(16)5-12(13)15/h4-5,7,17H,6,16H2,1-3H3. The summed E-state index contributed by atoms with van der Waals surface area (Å²) in [7, 11) is 3.18. The van der Waals surface area contributed by atoms with Crippen molar-refractivity contribution in [3.05, 3.63) is 40.2 Å². The minimum Gasteiger partial charge on any atom is -0.465 e. The van der Waals surface area contributed by atoms with Crippen LogP contribution < -0.4 is 11.1 Å². The molecule has 1 heterocycles. The van der Waals surface area contributed by atoms with E-state index in [1.807, 2.05) is 14.0 Å². The summed E-state index contributed by atoms with van der Waals surface area (Å²) in [4.78, 5) is 11.8. The lowest BCUT2D eigenvalue weighted by molar-refractivity contribution is 0.0602. The number of nitrogen functional groups attached to an aromatic ring is 1. The number of hydrogen-bond acceptors (Lipinski definition) is 5. The summed E-state index contributed by atoms with van der Waals surface area (Å²) in [5, 5.41) is 7.70. The Bertz CT molecular complexity index is 682. The number of ether oxygens (including phenoxy) is 1. The van der Waals surface area contributed by atoms with E-state index in [1.54, 1.807) is 16.9 Å². The Labute approximate surface area is 127 Å². The maximum Gasteiger partial charge on any atom is 0.340 e. The predicted molar refractivity (Wildman–Crippen MR) is 82.5 cm³/mol. The van der Waals surface area contributed by atoms with Crippen molar-refractivity contribution in [2.24, 2.45) is 7.05 Å². The molecular weight excluding hydrogens is 292 g/mol. The van der Waals surface area contributed by atoms with Crippen molar-refractivity contribution < 1.29 is 9.53 Å². The number of nitrogens with zero attached hydrogens (tertiary/aromatic N) is 2. The Balaban J connectivity index is 2.31. The summed E-state index contributed by atoms with van der Waals surface area (Å²) >= 11 is 6.18. The number of carbonyl (C=O) groups excluding carboxylic acids is 1. The minimum absolute atomic E-state index is 0.309. The second-order valence-corrected chi connectivity index (χ2v) is 5.06. The minimum atomic E-state index is -0.491. The lowest BCUT2D eigenvalue weighted by atomic mass is 10.1. The number of rotatable bonds is 4. The lowest BCUT2D eigenvalue weighted by Crippen LogP contribution is -2.10. The van der Waals surface area contributed by atoms with Crippen molar-refractivity contribution in [3.8, 4) is 0 Å². The molecule has 0 saturated carbocycles. The normalized spacial score (nSPS) is 10.5. The summed E-state index contributed by atoms with van der Waals surface area (Å²) < 4.78 is 6.54. The predicted octanol–water partition coefficient (Wildman–Crippen LogP) is 2.36. The van der Waals surface area contributed by atoms with Gasteiger partial charge in [0.05, 0.1) is 29.6 Å². The summed E-state index contributed by atoms with van der Waals surface area (Å²) in [5.41, 5.74) is 8.99. The van der Waals surface area contributed by atoms with Gasteiger partial charge in [-0.15, -0.1) is 0 Å². The highest BCUT2D eigenvalue weighted by Gasteiger charge is 2.16. The van der Waals surface area contributed by atoms with Crippen molar-refractivity contribution in [2.45, 2.75) is 13.5 Å². The van der Waals surface area contributed by atoms with Crippen LogP contribution in [0.4, 0.5) is 11.4 Å². The third-order valence-corrected chi connectivity index (χ3v) is 3.61. The molecule has 0 fully saturated rings. The number of aromatic nitrogens is 2. The van der Waals surface area contributed by atoms with E-state index in [9.17, 15) is 4.79 Å². The number of nitrogens with one attached hydrogen (secondary N) is 1. The molecule has 6 nitrogen and oxygen atoms in total. The largest absolute Gasteiger partial charge is 0.465 e. The fraction of sp³-hybridized carbons (Fsp3) is 0.286. The van der Waals surface area contributed by atoms with E-state index >= 15 is 0 Å². The third kappa shape index (κ3) is 3.11. The number of benzene rings is 1. The lowest BCUT2D eigenvalue weighted by Gasteiger charge is -2.13. The number of anilines is 2. The first-order valence-electron chi connectivity index (χ1n) is 6.32. The van der Waals surface area contributed by atoms with E-state index in [1.165, 1.54) is 13.2 Å². The number of hydrogen-bond donors (Lipinski definition) is 2. The first-order valence-corrected chi connectivity index (χ1v) is 6.70. The van der Waals surface area contributed by atoms with E-state index in [0.717, 1.165) is 11.3 Å². The van der Waals surface area contributed by atoms with Crippen LogP contribution in [0.2, 0.25) is 5.02 Å². The quantitative estimate of drug-likeness (QED) is 0.669. The molecule has 7 heteroatoms. The maximum absolute atomic E-state index is 11.8. The molecule has 0 amide bonds. The van der Waals surface area contributed by atoms with Crippen molar-refractivity contribution in [3.63, 3.8) is 0 Å². The zero-order chi connectivity index (χ0) is 15.6. The second-order valence-electron chi connectivity index (χ2n) is 4.65. The van der Waals surface area contributed by atoms with Crippen LogP contribution in [0.15, 0.2) is 18.3 Å². The van der Waals surface area contributed by atoms with Gasteiger partial charge in [-0.25, -0.2) is 4.79 Å². The number of aryl methyl sites for hydroxylation is 1. The van der Waals surface area contributed by atoms with E-state index in [4.69, 9.17) is 22.1 Å². The molecule has 0 atom stereocenters. The molecule has 0 unspecified atom stereocenters. The molecule has 0 spiro atoms. The van der Waals surface area contributed by atoms with E-state index in [-0.39, 0.29) is 0 Å². The molecule has 112 valence electrons. The van der Waals surface area contributed by atoms with Gasteiger partial charge >= 0.3 is 5.97 Å². The average Bonchev–Trinajstić information content (AvgIpc) is 2.76. The van der Waals surface area contributed by atoms with Gasteiger partial charge in [-0.3, -0.25) is 4.68 Å². The van der Waals surface area contributed by atoms with Gasteiger partial charge in [0.2, 0.25) is 0 Å². The van der Waals surface area contributed by atoms with Gasteiger partial charge in [0.25, 0.3) is 0 Å². The van der Waals surface area contributed by atoms with Crippen molar-refractivity contribution >= 4 is 28.9 Å². The van der Waals surface area contributed by atoms with Gasteiger partial charge in [0, 0.05) is 30.5 Å². The number of esters is 1. The van der Waals surface area contributed by atoms with Crippen LogP contribution in [0.5, 0.6) is 0 Å². The highest BCUT2D eigenvalue weighted by atomic mass is 35.5. The Morgan fingerprint density at radius 1 is 1.52 bits per heavy atom. The highest BCUT2D eigenvalue weighted by molar-refractivity contribution is 6.34. The molecule has 0 saturated heterocycles. The third-order valence-electron chi connectivity index (χ3n) is 3.31. The molecule has 2 rings (SSSR count). The first-order chi connectivity index (χ1) is 9.93. The van der Waals surface area contributed by atoms with Gasteiger partial charge in [-0.05, 0) is 19.1 Å². The second kappa shape index (κ2) is 6.05. The fourth-order valence-corrected chi connectivity index (χ4v) is 2.27. The summed E-state index contributed by atoms with van der Waals surface area (Å²) in [6, 6.07) is 3.13. The molecule has 0 aliphatic heterocycles. The number of nitrogens with two attached hydrogens (primary N) is 1. The molecule has 0 radical (unpaired) electrons. The van der Waals surface area contributed by atoms with Crippen LogP contribution in [0.1, 0.15) is 21.6 Å². The molecule has 0 bridgehead atoms. The number of halogens is 1.